The number of carbonyl (C=O) groups excluding carboxylic acids is 1. The third-order valence-electron chi connectivity index (χ3n) is 8.78. The van der Waals surface area contributed by atoms with Gasteiger partial charge in [-0.2, -0.15) is 18.3 Å². The molecule has 0 bridgehead atoms. The predicted octanol–water partition coefficient (Wildman–Crippen LogP) is 5.60. The summed E-state index contributed by atoms with van der Waals surface area (Å²) in [5, 5.41) is 7.48. The molecule has 4 aromatic heterocycles. The Labute approximate surface area is 294 Å². The number of amides is 1. The van der Waals surface area contributed by atoms with Crippen molar-refractivity contribution in [2.45, 2.75) is 74.1 Å². The molecule has 1 N–H and O–H groups in total. The van der Waals surface area contributed by atoms with Gasteiger partial charge in [-0.05, 0) is 44.6 Å². The van der Waals surface area contributed by atoms with Gasteiger partial charge in [0.05, 0.1) is 40.9 Å². The normalized spacial score (nSPS) is 18.7. The van der Waals surface area contributed by atoms with E-state index in [0.717, 1.165) is 37.6 Å². The molecule has 1 saturated carbocycles. The van der Waals surface area contributed by atoms with E-state index < -0.39 is 52.4 Å². The number of halogens is 5. The zero-order valence-corrected chi connectivity index (χ0v) is 28.5. The number of hydrogen-bond acceptors (Lipinski definition) is 12. The average Bonchev–Trinajstić information content (AvgIpc) is 3.62. The van der Waals surface area contributed by atoms with Crippen LogP contribution in [-0.2, 0) is 25.5 Å². The highest BCUT2D eigenvalue weighted by molar-refractivity contribution is 7.90. The topological polar surface area (TPSA) is 167 Å². The Morgan fingerprint density at radius 3 is 2.40 bits per heavy atom. The quantitative estimate of drug-likeness (QED) is 0.200. The molecule has 0 spiro atoms. The molecule has 0 aromatic carbocycles. The number of alkyl halides is 5. The van der Waals surface area contributed by atoms with Gasteiger partial charge in [0, 0.05) is 67.5 Å². The Hall–Kier alpha value is -4.85. The maximum absolute atomic E-state index is 13.9. The average molecular weight is 752 g/mol. The van der Waals surface area contributed by atoms with Gasteiger partial charge in [0.25, 0.3) is 6.43 Å². The fourth-order valence-electron chi connectivity index (χ4n) is 6.14. The van der Waals surface area contributed by atoms with Gasteiger partial charge in [0.1, 0.15) is 5.56 Å². The Bertz CT molecular complexity index is 1970. The van der Waals surface area contributed by atoms with Gasteiger partial charge in [-0.3, -0.25) is 19.5 Å². The summed E-state index contributed by atoms with van der Waals surface area (Å²) in [4.78, 5) is 34.7. The lowest BCUT2D eigenvalue weighted by Crippen LogP contribution is -2.45. The largest absolute Gasteiger partial charge is 0.443 e. The number of sulfone groups is 1. The van der Waals surface area contributed by atoms with E-state index >= 15 is 0 Å². The fourth-order valence-corrected chi connectivity index (χ4v) is 6.73. The van der Waals surface area contributed by atoms with E-state index in [2.05, 4.69) is 35.3 Å². The Morgan fingerprint density at radius 1 is 1.00 bits per heavy atom. The van der Waals surface area contributed by atoms with E-state index in [4.69, 9.17) is 9.47 Å². The minimum absolute atomic E-state index is 0.0943. The maximum atomic E-state index is 13.9. The van der Waals surface area contributed by atoms with Gasteiger partial charge in [0.2, 0.25) is 5.95 Å². The summed E-state index contributed by atoms with van der Waals surface area (Å²) < 4.78 is 104. The van der Waals surface area contributed by atoms with Gasteiger partial charge in [0.15, 0.2) is 22.3 Å². The molecule has 1 aliphatic carbocycles. The summed E-state index contributed by atoms with van der Waals surface area (Å²) >= 11 is 0. The highest BCUT2D eigenvalue weighted by Gasteiger charge is 2.37. The summed E-state index contributed by atoms with van der Waals surface area (Å²) in [6.45, 7) is 0.185. The molecule has 0 unspecified atom stereocenters. The zero-order valence-electron chi connectivity index (χ0n) is 27.7. The second-order valence-electron chi connectivity index (χ2n) is 12.4. The van der Waals surface area contributed by atoms with Crippen LogP contribution in [0, 0.1) is 0 Å². The number of aromatic nitrogens is 7. The molecular formula is C32H34F5N9O5S. The number of ether oxygens (including phenoxy) is 2. The van der Waals surface area contributed by atoms with Gasteiger partial charge >= 0.3 is 12.3 Å². The van der Waals surface area contributed by atoms with E-state index in [9.17, 15) is 35.2 Å². The molecule has 52 heavy (non-hydrogen) atoms. The van der Waals surface area contributed by atoms with Gasteiger partial charge in [-0.25, -0.2) is 36.9 Å². The molecular weight excluding hydrogens is 717 g/mol. The van der Waals surface area contributed by atoms with Gasteiger partial charge in [-0.15, -0.1) is 0 Å². The van der Waals surface area contributed by atoms with Crippen LogP contribution in [0.25, 0.3) is 22.5 Å². The SMILES string of the molecule is CS(=O)(=O)c1cncc(-c2nc(NC3CCC(N(C(=O)OCC(F)F)c4cnc(-c5cnn(C6CCOCC6)c5)cn4)CC3)ncc2C(F)(F)F)c1. The van der Waals surface area contributed by atoms with Gasteiger partial charge in [-0.1, -0.05) is 0 Å². The van der Waals surface area contributed by atoms with Crippen LogP contribution < -0.4 is 10.2 Å². The van der Waals surface area contributed by atoms with Crippen LogP contribution in [-0.4, -0.2) is 93.8 Å². The molecule has 1 aliphatic heterocycles. The maximum Gasteiger partial charge on any atom is 0.419 e. The molecule has 1 saturated heterocycles. The Kier molecular flexibility index (Phi) is 10.9. The first-order valence-electron chi connectivity index (χ1n) is 16.3. The second kappa shape index (κ2) is 15.4. The molecule has 278 valence electrons. The number of anilines is 2. The number of nitrogens with one attached hydrogen (secondary N) is 1. The molecule has 6 rings (SSSR count). The smallest absolute Gasteiger partial charge is 0.419 e. The first-order valence-corrected chi connectivity index (χ1v) is 18.2. The highest BCUT2D eigenvalue weighted by Crippen LogP contribution is 2.37. The Balaban J connectivity index is 1.17. The van der Waals surface area contributed by atoms with Crippen molar-refractivity contribution in [2.75, 3.05) is 36.3 Å². The number of pyridine rings is 1. The van der Waals surface area contributed by atoms with Crippen LogP contribution in [0.2, 0.25) is 0 Å². The molecule has 14 nitrogen and oxygen atoms in total. The van der Waals surface area contributed by atoms with E-state index in [1.54, 1.807) is 6.20 Å². The first kappa shape index (κ1) is 36.9. The first-order chi connectivity index (χ1) is 24.8. The Morgan fingerprint density at radius 2 is 1.75 bits per heavy atom. The van der Waals surface area contributed by atoms with Crippen molar-refractivity contribution in [3.05, 3.63) is 55.0 Å². The van der Waals surface area contributed by atoms with E-state index in [-0.39, 0.29) is 34.3 Å². The number of carbonyl (C=O) groups is 1. The highest BCUT2D eigenvalue weighted by atomic mass is 32.2. The molecule has 20 heteroatoms. The summed E-state index contributed by atoms with van der Waals surface area (Å²) in [5.74, 6) is -0.0390. The summed E-state index contributed by atoms with van der Waals surface area (Å²) in [6.07, 6.45) is 4.31. The van der Waals surface area contributed by atoms with E-state index in [1.807, 2.05) is 10.9 Å². The van der Waals surface area contributed by atoms with Crippen LogP contribution in [0.5, 0.6) is 0 Å². The van der Waals surface area contributed by atoms with Crippen molar-refractivity contribution in [1.29, 1.82) is 0 Å². The van der Waals surface area contributed by atoms with Crippen molar-refractivity contribution in [2.24, 2.45) is 0 Å². The third-order valence-corrected chi connectivity index (χ3v) is 9.86. The molecule has 0 atom stereocenters. The van der Waals surface area contributed by atoms with Crippen molar-refractivity contribution in [3.8, 4) is 22.5 Å². The zero-order chi connectivity index (χ0) is 37.0. The summed E-state index contributed by atoms with van der Waals surface area (Å²) in [7, 11) is -3.77. The molecule has 2 aliphatic rings. The minimum atomic E-state index is -4.84. The standard InChI is InChI=1S/C32H34F5N9O5S/c1-52(48,49)24-10-19(11-38-13-24)29-25(32(35,36)37)14-41-30(44-29)43-21-2-4-23(5-3-21)46(31(47)51-18-27(33)34)28-16-39-26(15-40-28)20-12-42-45(17-20)22-6-8-50-9-7-22/h10-17,21-23,27H,2-9,18H2,1H3,(H,41,43,44). The van der Waals surface area contributed by atoms with Crippen LogP contribution >= 0.6 is 0 Å². The van der Waals surface area contributed by atoms with Crippen molar-refractivity contribution in [3.63, 3.8) is 0 Å². The van der Waals surface area contributed by atoms with E-state index in [0.29, 0.717) is 56.4 Å². The van der Waals surface area contributed by atoms with Crippen LogP contribution in [0.15, 0.2) is 54.3 Å². The van der Waals surface area contributed by atoms with Gasteiger partial charge < -0.3 is 14.8 Å². The number of rotatable bonds is 10. The number of nitrogens with zero attached hydrogens (tertiary/aromatic N) is 8. The lowest BCUT2D eigenvalue weighted by molar-refractivity contribution is -0.137. The van der Waals surface area contributed by atoms with Crippen molar-refractivity contribution >= 4 is 27.7 Å². The van der Waals surface area contributed by atoms with Crippen LogP contribution in [0.4, 0.5) is 38.5 Å². The predicted molar refractivity (Wildman–Crippen MR) is 175 cm³/mol. The van der Waals surface area contributed by atoms with Crippen molar-refractivity contribution < 1.29 is 44.6 Å². The molecule has 2 fully saturated rings. The monoisotopic (exact) mass is 751 g/mol. The summed E-state index contributed by atoms with van der Waals surface area (Å²) in [5.41, 5.74) is -0.694. The fraction of sp³-hybridized carbons (Fsp3) is 0.469. The van der Waals surface area contributed by atoms with E-state index in [1.165, 1.54) is 17.3 Å². The van der Waals surface area contributed by atoms with Crippen molar-refractivity contribution in [1.82, 2.24) is 34.7 Å². The lowest BCUT2D eigenvalue weighted by Gasteiger charge is -2.35. The third kappa shape index (κ3) is 8.77. The molecule has 1 amide bonds. The van der Waals surface area contributed by atoms with Crippen LogP contribution in [0.1, 0.15) is 50.1 Å². The molecule has 5 heterocycles. The summed E-state index contributed by atoms with van der Waals surface area (Å²) in [6, 6.07) is 0.380. The minimum Gasteiger partial charge on any atom is -0.443 e. The van der Waals surface area contributed by atoms with Crippen LogP contribution in [0.3, 0.4) is 0 Å². The number of hydrogen-bond donors (Lipinski definition) is 1. The molecule has 0 radical (unpaired) electrons. The lowest BCUT2D eigenvalue weighted by atomic mass is 9.90. The molecule has 4 aromatic rings. The second-order valence-corrected chi connectivity index (χ2v) is 14.5.